The van der Waals surface area contributed by atoms with Crippen molar-refractivity contribution in [3.8, 4) is 0 Å². The van der Waals surface area contributed by atoms with Crippen LogP contribution in [-0.4, -0.2) is 25.8 Å². The molecule has 0 aliphatic heterocycles. The fraction of sp³-hybridized carbons (Fsp3) is 0.917. The molecule has 0 fully saturated rings. The number of nitrogens with two attached hydrogens (primary N) is 1. The summed E-state index contributed by atoms with van der Waals surface area (Å²) < 4.78 is 16.8. The summed E-state index contributed by atoms with van der Waals surface area (Å²) >= 11 is 0. The van der Waals surface area contributed by atoms with E-state index < -0.39 is 0 Å². The molecule has 16 heavy (non-hydrogen) atoms. The first-order valence-electron chi connectivity index (χ1n) is 6.01. The smallest absolute Gasteiger partial charge is 0.306 e. The van der Waals surface area contributed by atoms with Crippen LogP contribution in [0.3, 0.4) is 0 Å². The minimum Gasteiger partial charge on any atom is -0.466 e. The first kappa shape index (κ1) is 15.4. The number of esters is 1. The summed E-state index contributed by atoms with van der Waals surface area (Å²) in [6.07, 6.45) is 2.37. The number of carbonyl (C=O) groups excluding carboxylic acids is 1. The van der Waals surface area contributed by atoms with Crippen molar-refractivity contribution < 1.29 is 13.9 Å². The number of unbranched alkanes of at least 4 members (excludes halogenated alkanes) is 1. The molecule has 2 N–H and O–H groups in total. The Hall–Kier alpha value is -0.640. The standard InChI is InChI=1S/C12H24FNO2/c1-10(2)7-11(9-14)8-12(15)16-6-4-3-5-13/h10-11H,3-9,14H2,1-2H3/t11-/m0/s1. The highest BCUT2D eigenvalue weighted by Gasteiger charge is 2.14. The van der Waals surface area contributed by atoms with E-state index >= 15 is 0 Å². The Morgan fingerprint density at radius 2 is 2.06 bits per heavy atom. The molecule has 0 spiro atoms. The zero-order valence-electron chi connectivity index (χ0n) is 10.4. The molecular weight excluding hydrogens is 209 g/mol. The summed E-state index contributed by atoms with van der Waals surface area (Å²) in [4.78, 5) is 11.4. The summed E-state index contributed by atoms with van der Waals surface area (Å²) in [6, 6.07) is 0. The van der Waals surface area contributed by atoms with E-state index in [-0.39, 0.29) is 18.6 Å². The van der Waals surface area contributed by atoms with Crippen LogP contribution in [0.2, 0.25) is 0 Å². The third kappa shape index (κ3) is 8.65. The fourth-order valence-electron chi connectivity index (χ4n) is 1.61. The van der Waals surface area contributed by atoms with Gasteiger partial charge in [0.15, 0.2) is 0 Å². The van der Waals surface area contributed by atoms with E-state index in [0.717, 1.165) is 6.42 Å². The van der Waals surface area contributed by atoms with Crippen molar-refractivity contribution in [3.63, 3.8) is 0 Å². The highest BCUT2D eigenvalue weighted by molar-refractivity contribution is 5.69. The van der Waals surface area contributed by atoms with E-state index in [9.17, 15) is 9.18 Å². The topological polar surface area (TPSA) is 52.3 Å². The van der Waals surface area contributed by atoms with E-state index in [2.05, 4.69) is 13.8 Å². The van der Waals surface area contributed by atoms with Gasteiger partial charge in [0.25, 0.3) is 0 Å². The molecule has 0 aromatic rings. The third-order valence-electron chi connectivity index (χ3n) is 2.38. The van der Waals surface area contributed by atoms with E-state index in [1.807, 2.05) is 0 Å². The number of rotatable bonds is 9. The van der Waals surface area contributed by atoms with Gasteiger partial charge < -0.3 is 10.5 Å². The van der Waals surface area contributed by atoms with Crippen molar-refractivity contribution in [1.29, 1.82) is 0 Å². The van der Waals surface area contributed by atoms with Crippen LogP contribution in [-0.2, 0) is 9.53 Å². The third-order valence-corrected chi connectivity index (χ3v) is 2.38. The van der Waals surface area contributed by atoms with Gasteiger partial charge in [0, 0.05) is 6.42 Å². The Labute approximate surface area is 97.5 Å². The second kappa shape index (κ2) is 9.58. The van der Waals surface area contributed by atoms with Crippen molar-refractivity contribution in [1.82, 2.24) is 0 Å². The summed E-state index contributed by atoms with van der Waals surface area (Å²) in [7, 11) is 0. The molecule has 0 bridgehead atoms. The molecule has 4 heteroatoms. The van der Waals surface area contributed by atoms with Crippen LogP contribution in [0, 0.1) is 11.8 Å². The number of hydrogen-bond donors (Lipinski definition) is 1. The lowest BCUT2D eigenvalue weighted by Gasteiger charge is -2.15. The second-order valence-electron chi connectivity index (χ2n) is 4.55. The molecule has 0 aromatic carbocycles. The molecule has 0 heterocycles. The first-order valence-corrected chi connectivity index (χ1v) is 6.01. The molecule has 3 nitrogen and oxygen atoms in total. The van der Waals surface area contributed by atoms with Gasteiger partial charge in [-0.15, -0.1) is 0 Å². The largest absolute Gasteiger partial charge is 0.466 e. The Balaban J connectivity index is 3.66. The summed E-state index contributed by atoms with van der Waals surface area (Å²) in [6.45, 7) is 4.69. The monoisotopic (exact) mass is 233 g/mol. The zero-order valence-corrected chi connectivity index (χ0v) is 10.4. The normalized spacial score (nSPS) is 12.8. The Kier molecular flexibility index (Phi) is 9.19. The summed E-state index contributed by atoms with van der Waals surface area (Å²) in [5.74, 6) is 0.525. The molecule has 0 aliphatic rings. The van der Waals surface area contributed by atoms with Gasteiger partial charge in [0.1, 0.15) is 0 Å². The highest BCUT2D eigenvalue weighted by Crippen LogP contribution is 2.14. The molecule has 1 atom stereocenters. The van der Waals surface area contributed by atoms with Gasteiger partial charge in [-0.3, -0.25) is 9.18 Å². The van der Waals surface area contributed by atoms with Gasteiger partial charge in [0.2, 0.25) is 0 Å². The predicted molar refractivity (Wildman–Crippen MR) is 62.8 cm³/mol. The van der Waals surface area contributed by atoms with Crippen molar-refractivity contribution in [3.05, 3.63) is 0 Å². The second-order valence-corrected chi connectivity index (χ2v) is 4.55. The molecule has 0 amide bonds. The highest BCUT2D eigenvalue weighted by atomic mass is 19.1. The van der Waals surface area contributed by atoms with E-state index in [1.54, 1.807) is 0 Å². The minimum atomic E-state index is -0.351. The molecule has 96 valence electrons. The molecule has 0 saturated carbocycles. The number of hydrogen-bond acceptors (Lipinski definition) is 3. The molecule has 0 aromatic heterocycles. The van der Waals surface area contributed by atoms with Crippen molar-refractivity contribution in [2.24, 2.45) is 17.6 Å². The molecule has 0 unspecified atom stereocenters. The quantitative estimate of drug-likeness (QED) is 0.491. The Bertz CT molecular complexity index is 186. The molecule has 0 saturated heterocycles. The summed E-state index contributed by atoms with van der Waals surface area (Å²) in [5.41, 5.74) is 5.59. The maximum Gasteiger partial charge on any atom is 0.306 e. The van der Waals surface area contributed by atoms with Gasteiger partial charge in [-0.05, 0) is 37.6 Å². The van der Waals surface area contributed by atoms with E-state index in [4.69, 9.17) is 10.5 Å². The van der Waals surface area contributed by atoms with Crippen LogP contribution in [0.5, 0.6) is 0 Å². The zero-order chi connectivity index (χ0) is 12.4. The molecule has 0 aliphatic carbocycles. The number of halogens is 1. The predicted octanol–water partition coefficient (Wildman–Crippen LogP) is 2.29. The summed E-state index contributed by atoms with van der Waals surface area (Å²) in [5, 5.41) is 0. The first-order chi connectivity index (χ1) is 7.60. The number of ether oxygens (including phenoxy) is 1. The molecular formula is C12H24FNO2. The number of carbonyl (C=O) groups is 1. The fourth-order valence-corrected chi connectivity index (χ4v) is 1.61. The van der Waals surface area contributed by atoms with Crippen LogP contribution in [0.1, 0.15) is 39.5 Å². The Morgan fingerprint density at radius 1 is 1.38 bits per heavy atom. The van der Waals surface area contributed by atoms with E-state index in [1.165, 1.54) is 0 Å². The van der Waals surface area contributed by atoms with Gasteiger partial charge in [-0.25, -0.2) is 0 Å². The Morgan fingerprint density at radius 3 is 2.56 bits per heavy atom. The average molecular weight is 233 g/mol. The minimum absolute atomic E-state index is 0.202. The lowest BCUT2D eigenvalue weighted by molar-refractivity contribution is -0.145. The van der Waals surface area contributed by atoms with Gasteiger partial charge in [0.05, 0.1) is 13.3 Å². The van der Waals surface area contributed by atoms with Crippen molar-refractivity contribution in [2.45, 2.75) is 39.5 Å². The van der Waals surface area contributed by atoms with Crippen LogP contribution in [0.25, 0.3) is 0 Å². The van der Waals surface area contributed by atoms with Gasteiger partial charge in [-0.2, -0.15) is 0 Å². The van der Waals surface area contributed by atoms with Gasteiger partial charge >= 0.3 is 5.97 Å². The maximum atomic E-state index is 11.8. The van der Waals surface area contributed by atoms with Crippen molar-refractivity contribution >= 4 is 5.97 Å². The van der Waals surface area contributed by atoms with Gasteiger partial charge in [-0.1, -0.05) is 13.8 Å². The van der Waals surface area contributed by atoms with Crippen LogP contribution >= 0.6 is 0 Å². The molecule has 0 rings (SSSR count). The lowest BCUT2D eigenvalue weighted by Crippen LogP contribution is -2.21. The van der Waals surface area contributed by atoms with Crippen LogP contribution < -0.4 is 5.73 Å². The molecule has 0 radical (unpaired) electrons. The average Bonchev–Trinajstić information content (AvgIpc) is 2.23. The maximum absolute atomic E-state index is 11.8. The number of alkyl halides is 1. The SMILES string of the molecule is CC(C)C[C@H](CN)CC(=O)OCCCCF. The lowest BCUT2D eigenvalue weighted by atomic mass is 9.94. The van der Waals surface area contributed by atoms with E-state index in [0.29, 0.717) is 38.3 Å². The van der Waals surface area contributed by atoms with Crippen LogP contribution in [0.4, 0.5) is 4.39 Å². The van der Waals surface area contributed by atoms with Crippen molar-refractivity contribution in [2.75, 3.05) is 19.8 Å². The van der Waals surface area contributed by atoms with Crippen LogP contribution in [0.15, 0.2) is 0 Å².